The molecule has 16 heavy (non-hydrogen) atoms. The Morgan fingerprint density at radius 2 is 2.06 bits per heavy atom. The van der Waals surface area contributed by atoms with Crippen LogP contribution in [-0.2, 0) is 0 Å². The maximum Gasteiger partial charge on any atom is 0.124 e. The number of nitrogens with two attached hydrogens (primary N) is 1. The average molecular weight is 280 g/mol. The van der Waals surface area contributed by atoms with Crippen LogP contribution in [0.1, 0.15) is 17.4 Å². The molecular formula is C11H10BrN3O. The smallest absolute Gasteiger partial charge is 0.124 e. The van der Waals surface area contributed by atoms with E-state index >= 15 is 0 Å². The van der Waals surface area contributed by atoms with Crippen molar-refractivity contribution in [2.24, 2.45) is 0 Å². The third-order valence-electron chi connectivity index (χ3n) is 2.21. The highest BCUT2D eigenvalue weighted by atomic mass is 79.9. The number of halogens is 1. The van der Waals surface area contributed by atoms with E-state index in [9.17, 15) is 5.11 Å². The van der Waals surface area contributed by atoms with Crippen LogP contribution in [0.2, 0.25) is 0 Å². The third kappa shape index (κ3) is 2.20. The van der Waals surface area contributed by atoms with Crippen molar-refractivity contribution in [2.75, 3.05) is 5.73 Å². The Bertz CT molecular complexity index is 487. The second-order valence-corrected chi connectivity index (χ2v) is 4.22. The molecule has 1 unspecified atom stereocenters. The molecule has 2 aromatic rings. The summed E-state index contributed by atoms with van der Waals surface area (Å²) in [6.07, 6.45) is 3.91. The summed E-state index contributed by atoms with van der Waals surface area (Å²) in [5.41, 5.74) is 7.37. The Kier molecular flexibility index (Phi) is 3.17. The third-order valence-corrected chi connectivity index (χ3v) is 2.68. The molecule has 0 aliphatic heterocycles. The molecule has 0 bridgehead atoms. The highest BCUT2D eigenvalue weighted by molar-refractivity contribution is 9.10. The Morgan fingerprint density at radius 1 is 1.25 bits per heavy atom. The zero-order valence-electron chi connectivity index (χ0n) is 8.34. The second kappa shape index (κ2) is 4.59. The summed E-state index contributed by atoms with van der Waals surface area (Å²) in [5.74, 6) is 0. The standard InChI is InChI=1S/C11H10BrN3O/c12-7-1-2-10(15-5-7)11(16)8-6-14-4-3-9(8)13/h1-6,11,16H,(H2,13,14). The van der Waals surface area contributed by atoms with Crippen molar-refractivity contribution < 1.29 is 5.11 Å². The van der Waals surface area contributed by atoms with Crippen molar-refractivity contribution in [3.8, 4) is 0 Å². The fourth-order valence-electron chi connectivity index (χ4n) is 1.35. The molecule has 0 radical (unpaired) electrons. The first-order chi connectivity index (χ1) is 7.68. The van der Waals surface area contributed by atoms with Crippen LogP contribution in [0.15, 0.2) is 41.3 Å². The number of hydrogen-bond donors (Lipinski definition) is 2. The maximum absolute atomic E-state index is 10.1. The number of pyridine rings is 2. The molecule has 3 N–H and O–H groups in total. The molecule has 2 rings (SSSR count). The molecule has 5 heteroatoms. The van der Waals surface area contributed by atoms with Gasteiger partial charge in [-0.3, -0.25) is 9.97 Å². The summed E-state index contributed by atoms with van der Waals surface area (Å²) in [4.78, 5) is 8.05. The summed E-state index contributed by atoms with van der Waals surface area (Å²) in [6.45, 7) is 0. The molecule has 82 valence electrons. The molecule has 2 heterocycles. The van der Waals surface area contributed by atoms with E-state index in [-0.39, 0.29) is 0 Å². The summed E-state index contributed by atoms with van der Waals surface area (Å²) in [5, 5.41) is 10.1. The van der Waals surface area contributed by atoms with Gasteiger partial charge in [0.05, 0.1) is 5.69 Å². The minimum atomic E-state index is -0.846. The van der Waals surface area contributed by atoms with Crippen LogP contribution >= 0.6 is 15.9 Å². The van der Waals surface area contributed by atoms with Crippen molar-refractivity contribution in [2.45, 2.75) is 6.10 Å². The summed E-state index contributed by atoms with van der Waals surface area (Å²) in [6, 6.07) is 5.21. The first kappa shape index (κ1) is 11.0. The maximum atomic E-state index is 10.1. The van der Waals surface area contributed by atoms with Gasteiger partial charge in [0.15, 0.2) is 0 Å². The van der Waals surface area contributed by atoms with Gasteiger partial charge >= 0.3 is 0 Å². The largest absolute Gasteiger partial charge is 0.398 e. The molecule has 0 fully saturated rings. The minimum absolute atomic E-state index is 0.507. The summed E-state index contributed by atoms with van der Waals surface area (Å²) >= 11 is 3.28. The molecule has 0 amide bonds. The summed E-state index contributed by atoms with van der Waals surface area (Å²) in [7, 11) is 0. The lowest BCUT2D eigenvalue weighted by atomic mass is 10.1. The van der Waals surface area contributed by atoms with E-state index < -0.39 is 6.10 Å². The van der Waals surface area contributed by atoms with E-state index in [1.807, 2.05) is 6.07 Å². The molecule has 0 saturated carbocycles. The van der Waals surface area contributed by atoms with Gasteiger partial charge in [0, 0.05) is 34.3 Å². The molecule has 4 nitrogen and oxygen atoms in total. The number of rotatable bonds is 2. The van der Waals surface area contributed by atoms with E-state index in [2.05, 4.69) is 25.9 Å². The number of aliphatic hydroxyl groups excluding tert-OH is 1. The van der Waals surface area contributed by atoms with E-state index in [0.29, 0.717) is 16.9 Å². The van der Waals surface area contributed by atoms with E-state index in [1.165, 1.54) is 0 Å². The highest BCUT2D eigenvalue weighted by Gasteiger charge is 2.14. The molecule has 0 aromatic carbocycles. The monoisotopic (exact) mass is 279 g/mol. The van der Waals surface area contributed by atoms with Gasteiger partial charge in [0.1, 0.15) is 6.10 Å². The van der Waals surface area contributed by atoms with Crippen LogP contribution < -0.4 is 5.73 Å². The second-order valence-electron chi connectivity index (χ2n) is 3.31. The van der Waals surface area contributed by atoms with E-state index in [0.717, 1.165) is 4.47 Å². The first-order valence-corrected chi connectivity index (χ1v) is 5.46. The van der Waals surface area contributed by atoms with Gasteiger partial charge in [0.2, 0.25) is 0 Å². The van der Waals surface area contributed by atoms with Gasteiger partial charge < -0.3 is 10.8 Å². The average Bonchev–Trinajstić information content (AvgIpc) is 2.30. The van der Waals surface area contributed by atoms with Crippen molar-refractivity contribution >= 4 is 21.6 Å². The van der Waals surface area contributed by atoms with Crippen LogP contribution in [0.5, 0.6) is 0 Å². The van der Waals surface area contributed by atoms with Gasteiger partial charge in [-0.1, -0.05) is 0 Å². The Morgan fingerprint density at radius 3 is 2.69 bits per heavy atom. The topological polar surface area (TPSA) is 72.0 Å². The number of nitrogen functional groups attached to an aromatic ring is 1. The van der Waals surface area contributed by atoms with Crippen LogP contribution in [0.3, 0.4) is 0 Å². The molecule has 2 aromatic heterocycles. The van der Waals surface area contributed by atoms with Gasteiger partial charge in [-0.25, -0.2) is 0 Å². The number of hydrogen-bond acceptors (Lipinski definition) is 4. The van der Waals surface area contributed by atoms with E-state index in [4.69, 9.17) is 5.73 Å². The lowest BCUT2D eigenvalue weighted by Gasteiger charge is -2.11. The van der Waals surface area contributed by atoms with Gasteiger partial charge in [-0.2, -0.15) is 0 Å². The number of anilines is 1. The molecule has 0 saturated heterocycles. The molecule has 0 spiro atoms. The lowest BCUT2D eigenvalue weighted by Crippen LogP contribution is -2.05. The Balaban J connectivity index is 2.35. The molecule has 0 aliphatic rings. The highest BCUT2D eigenvalue weighted by Crippen LogP contribution is 2.24. The number of nitrogens with zero attached hydrogens (tertiary/aromatic N) is 2. The van der Waals surface area contributed by atoms with Crippen LogP contribution in [0.25, 0.3) is 0 Å². The van der Waals surface area contributed by atoms with Crippen LogP contribution in [0.4, 0.5) is 5.69 Å². The fourth-order valence-corrected chi connectivity index (χ4v) is 1.59. The number of aromatic nitrogens is 2. The number of aliphatic hydroxyl groups is 1. The SMILES string of the molecule is Nc1ccncc1C(O)c1ccc(Br)cn1. The predicted molar refractivity (Wildman–Crippen MR) is 64.6 cm³/mol. The summed E-state index contributed by atoms with van der Waals surface area (Å²) < 4.78 is 0.864. The van der Waals surface area contributed by atoms with Gasteiger partial charge in [-0.05, 0) is 34.1 Å². The van der Waals surface area contributed by atoms with Crippen molar-refractivity contribution in [1.29, 1.82) is 0 Å². The molecule has 0 aliphatic carbocycles. The van der Waals surface area contributed by atoms with Crippen LogP contribution in [-0.4, -0.2) is 15.1 Å². The van der Waals surface area contributed by atoms with Crippen molar-refractivity contribution in [3.05, 3.63) is 52.5 Å². The van der Waals surface area contributed by atoms with Crippen molar-refractivity contribution in [1.82, 2.24) is 9.97 Å². The zero-order valence-corrected chi connectivity index (χ0v) is 9.92. The zero-order chi connectivity index (χ0) is 11.5. The van der Waals surface area contributed by atoms with Crippen LogP contribution in [0, 0.1) is 0 Å². The molecule has 1 atom stereocenters. The van der Waals surface area contributed by atoms with E-state index in [1.54, 1.807) is 30.7 Å². The predicted octanol–water partition coefficient (Wildman–Crippen LogP) is 1.90. The Labute approximate surface area is 101 Å². The lowest BCUT2D eigenvalue weighted by molar-refractivity contribution is 0.215. The minimum Gasteiger partial charge on any atom is -0.398 e. The Hall–Kier alpha value is -1.46. The quantitative estimate of drug-likeness (QED) is 0.881. The normalized spacial score (nSPS) is 12.4. The fraction of sp³-hybridized carbons (Fsp3) is 0.0909. The first-order valence-electron chi connectivity index (χ1n) is 4.67. The van der Waals surface area contributed by atoms with Gasteiger partial charge in [-0.15, -0.1) is 0 Å². The van der Waals surface area contributed by atoms with Gasteiger partial charge in [0.25, 0.3) is 0 Å². The molecular weight excluding hydrogens is 270 g/mol. The van der Waals surface area contributed by atoms with Crippen molar-refractivity contribution in [3.63, 3.8) is 0 Å².